The van der Waals surface area contributed by atoms with Gasteiger partial charge in [-0.2, -0.15) is 10.4 Å². The number of para-hydroxylation sites is 2. The van der Waals surface area contributed by atoms with Gasteiger partial charge in [0, 0.05) is 30.7 Å². The first kappa shape index (κ1) is 29.3. The fourth-order valence-corrected chi connectivity index (χ4v) is 4.75. The molecule has 0 aliphatic heterocycles. The average molecular weight is 589 g/mol. The molecule has 5 aromatic rings. The Morgan fingerprint density at radius 1 is 0.932 bits per heavy atom. The van der Waals surface area contributed by atoms with Gasteiger partial charge in [-0.15, -0.1) is 0 Å². The van der Waals surface area contributed by atoms with Crippen molar-refractivity contribution >= 4 is 46.0 Å². The number of rotatable bonds is 8. The minimum atomic E-state index is -0.420. The van der Waals surface area contributed by atoms with Crippen molar-refractivity contribution in [2.45, 2.75) is 20.8 Å². The van der Waals surface area contributed by atoms with E-state index in [0.717, 1.165) is 4.90 Å². The molecular formula is C33H28N6O5. The Kier molecular flexibility index (Phi) is 8.26. The van der Waals surface area contributed by atoms with E-state index in [-0.39, 0.29) is 0 Å². The molecular weight excluding hydrogens is 560 g/mol. The van der Waals surface area contributed by atoms with E-state index in [9.17, 15) is 19.6 Å². The zero-order chi connectivity index (χ0) is 31.4. The molecule has 11 nitrogen and oxygen atoms in total. The summed E-state index contributed by atoms with van der Waals surface area (Å²) in [6, 6.07) is 22.9. The summed E-state index contributed by atoms with van der Waals surface area (Å²) < 4.78 is 12.9. The number of aromatic nitrogens is 2. The number of fused-ring (bicyclic) bond motifs is 1. The fourth-order valence-electron chi connectivity index (χ4n) is 4.75. The molecule has 0 bridgehead atoms. The van der Waals surface area contributed by atoms with Crippen LogP contribution in [0.5, 0.6) is 17.2 Å². The summed E-state index contributed by atoms with van der Waals surface area (Å²) in [7, 11) is 1.58. The van der Waals surface area contributed by atoms with Gasteiger partial charge in [-0.05, 0) is 67.6 Å². The number of anilines is 4. The van der Waals surface area contributed by atoms with Crippen molar-refractivity contribution in [1.82, 2.24) is 9.61 Å². The van der Waals surface area contributed by atoms with Gasteiger partial charge in [0.15, 0.2) is 11.5 Å². The van der Waals surface area contributed by atoms with E-state index in [0.29, 0.717) is 62.2 Å². The molecule has 44 heavy (non-hydrogen) atoms. The molecule has 220 valence electrons. The number of imide groups is 1. The molecule has 0 aliphatic rings. The summed E-state index contributed by atoms with van der Waals surface area (Å²) in [5, 5.41) is 20.4. The number of carbonyl (C=O) groups is 3. The molecule has 2 N–H and O–H groups in total. The molecule has 11 heteroatoms. The van der Waals surface area contributed by atoms with Crippen molar-refractivity contribution in [2.75, 3.05) is 22.6 Å². The Morgan fingerprint density at radius 3 is 2.20 bits per heavy atom. The van der Waals surface area contributed by atoms with Crippen molar-refractivity contribution in [1.29, 1.82) is 5.26 Å². The average Bonchev–Trinajstić information content (AvgIpc) is 3.33. The highest BCUT2D eigenvalue weighted by molar-refractivity contribution is 6.13. The smallest absolute Gasteiger partial charge is 0.255 e. The largest absolute Gasteiger partial charge is 0.493 e. The van der Waals surface area contributed by atoms with Crippen LogP contribution in [-0.4, -0.2) is 34.4 Å². The maximum atomic E-state index is 13.1. The highest BCUT2D eigenvalue weighted by Gasteiger charge is 2.20. The van der Waals surface area contributed by atoms with E-state index in [2.05, 4.69) is 21.8 Å². The van der Waals surface area contributed by atoms with Crippen molar-refractivity contribution in [3.05, 3.63) is 102 Å². The second kappa shape index (κ2) is 12.4. The Hall–Kier alpha value is -6.15. The van der Waals surface area contributed by atoms with Crippen molar-refractivity contribution in [3.63, 3.8) is 0 Å². The molecule has 0 aliphatic carbocycles. The Balaban J connectivity index is 1.38. The summed E-state index contributed by atoms with van der Waals surface area (Å²) in [6.07, 6.45) is 3.12. The lowest BCUT2D eigenvalue weighted by atomic mass is 10.1. The number of amides is 3. The number of ether oxygens (including phenoxy) is 2. The van der Waals surface area contributed by atoms with Crippen LogP contribution in [0.4, 0.5) is 22.7 Å². The predicted molar refractivity (Wildman–Crippen MR) is 166 cm³/mol. The van der Waals surface area contributed by atoms with E-state index in [1.54, 1.807) is 30.0 Å². The van der Waals surface area contributed by atoms with Crippen molar-refractivity contribution in [3.8, 4) is 23.3 Å². The van der Waals surface area contributed by atoms with Gasteiger partial charge in [-0.1, -0.05) is 12.1 Å². The molecule has 2 heterocycles. The number of carbonyl (C=O) groups excluding carboxylic acids is 3. The number of hydrogen-bond acceptors (Lipinski definition) is 8. The molecule has 0 unspecified atom stereocenters. The number of nitrogens with zero attached hydrogens (tertiary/aromatic N) is 4. The molecule has 0 saturated carbocycles. The van der Waals surface area contributed by atoms with Gasteiger partial charge in [-0.3, -0.25) is 19.3 Å². The standard InChI is InChI=1S/C33H28N6O5/c1-20-28(37-33(42)23-9-13-26(14-10-23)39(21(2)40)22(3)41)19-38-32(20)31(24(17-34)18-35-38)36-25-11-15-27(16-12-25)44-30-8-6-5-7-29(30)43-4/h5-16,18-19,36H,1-4H3,(H,37,42). The van der Waals surface area contributed by atoms with Crippen LogP contribution in [0.3, 0.4) is 0 Å². The van der Waals surface area contributed by atoms with Gasteiger partial charge in [0.2, 0.25) is 11.8 Å². The minimum Gasteiger partial charge on any atom is -0.493 e. The quantitative estimate of drug-likeness (QED) is 0.218. The van der Waals surface area contributed by atoms with E-state index in [1.165, 1.54) is 44.3 Å². The first-order valence-electron chi connectivity index (χ1n) is 13.5. The van der Waals surface area contributed by atoms with Gasteiger partial charge >= 0.3 is 0 Å². The zero-order valence-corrected chi connectivity index (χ0v) is 24.4. The third-order valence-corrected chi connectivity index (χ3v) is 6.86. The van der Waals surface area contributed by atoms with Gasteiger partial charge in [-0.25, -0.2) is 4.52 Å². The molecule has 3 aromatic carbocycles. The Morgan fingerprint density at radius 2 is 1.59 bits per heavy atom. The second-order valence-electron chi connectivity index (χ2n) is 9.78. The van der Waals surface area contributed by atoms with Gasteiger partial charge < -0.3 is 20.1 Å². The third kappa shape index (κ3) is 5.91. The Labute approximate surface area is 253 Å². The van der Waals surface area contributed by atoms with Crippen LogP contribution in [0.1, 0.15) is 35.3 Å². The van der Waals surface area contributed by atoms with Gasteiger partial charge in [0.05, 0.1) is 47.6 Å². The molecule has 0 spiro atoms. The monoisotopic (exact) mass is 588 g/mol. The maximum Gasteiger partial charge on any atom is 0.255 e. The lowest BCUT2D eigenvalue weighted by Gasteiger charge is -2.17. The first-order chi connectivity index (χ1) is 21.2. The summed E-state index contributed by atoms with van der Waals surface area (Å²) in [6.45, 7) is 4.42. The number of nitrogens with one attached hydrogen (secondary N) is 2. The van der Waals surface area contributed by atoms with E-state index in [1.807, 2.05) is 43.3 Å². The molecule has 5 rings (SSSR count). The highest BCUT2D eigenvalue weighted by atomic mass is 16.5. The number of benzene rings is 3. The van der Waals surface area contributed by atoms with Crippen LogP contribution in [0, 0.1) is 18.3 Å². The van der Waals surface area contributed by atoms with Gasteiger partial charge in [0.25, 0.3) is 5.91 Å². The summed E-state index contributed by atoms with van der Waals surface area (Å²) in [5.74, 6) is 0.569. The van der Waals surface area contributed by atoms with Crippen LogP contribution in [-0.2, 0) is 9.59 Å². The lowest BCUT2D eigenvalue weighted by Crippen LogP contribution is -2.33. The second-order valence-corrected chi connectivity index (χ2v) is 9.78. The third-order valence-electron chi connectivity index (χ3n) is 6.86. The van der Waals surface area contributed by atoms with E-state index < -0.39 is 17.7 Å². The van der Waals surface area contributed by atoms with E-state index in [4.69, 9.17) is 9.47 Å². The highest BCUT2D eigenvalue weighted by Crippen LogP contribution is 2.34. The molecule has 0 atom stereocenters. The van der Waals surface area contributed by atoms with Crippen molar-refractivity contribution in [2.24, 2.45) is 0 Å². The van der Waals surface area contributed by atoms with Crippen LogP contribution in [0.15, 0.2) is 85.2 Å². The summed E-state index contributed by atoms with van der Waals surface area (Å²) in [4.78, 5) is 37.8. The predicted octanol–water partition coefficient (Wildman–Crippen LogP) is 6.21. The Bertz CT molecular complexity index is 1910. The van der Waals surface area contributed by atoms with Crippen molar-refractivity contribution < 1.29 is 23.9 Å². The number of nitriles is 1. The van der Waals surface area contributed by atoms with E-state index >= 15 is 0 Å². The van der Waals surface area contributed by atoms with Crippen LogP contribution in [0.25, 0.3) is 5.52 Å². The number of methoxy groups -OCH3 is 1. The fraction of sp³-hybridized carbons (Fsp3) is 0.121. The topological polar surface area (TPSA) is 138 Å². The molecule has 0 saturated heterocycles. The normalized spacial score (nSPS) is 10.5. The summed E-state index contributed by atoms with van der Waals surface area (Å²) >= 11 is 0. The first-order valence-corrected chi connectivity index (χ1v) is 13.5. The van der Waals surface area contributed by atoms with Gasteiger partial charge in [0.1, 0.15) is 11.8 Å². The number of hydrogen-bond donors (Lipinski definition) is 2. The lowest BCUT2D eigenvalue weighted by molar-refractivity contribution is -0.124. The van der Waals surface area contributed by atoms with Crippen LogP contribution < -0.4 is 25.0 Å². The van der Waals surface area contributed by atoms with Crippen LogP contribution >= 0.6 is 0 Å². The summed E-state index contributed by atoms with van der Waals surface area (Å²) in [5.41, 5.74) is 4.06. The molecule has 0 fully saturated rings. The molecule has 2 aromatic heterocycles. The number of aryl methyl sites for hydroxylation is 1. The van der Waals surface area contributed by atoms with Crippen LogP contribution in [0.2, 0.25) is 0 Å². The molecule has 3 amide bonds. The minimum absolute atomic E-state index is 0.321. The zero-order valence-electron chi connectivity index (χ0n) is 24.4. The molecule has 0 radical (unpaired) electrons. The maximum absolute atomic E-state index is 13.1. The SMILES string of the molecule is COc1ccccc1Oc1ccc(Nc2c(C#N)cnn3cc(NC(=O)c4ccc(N(C(C)=O)C(C)=O)cc4)c(C)c23)cc1.